The first-order valence-electron chi connectivity index (χ1n) is 6.96. The molecule has 7 heteroatoms. The minimum atomic E-state index is -0.595. The van der Waals surface area contributed by atoms with Crippen molar-refractivity contribution in [3.05, 3.63) is 33.9 Å². The molecule has 0 unspecified atom stereocenters. The summed E-state index contributed by atoms with van der Waals surface area (Å²) < 4.78 is 5.36. The number of anilines is 1. The number of hydrogen-bond acceptors (Lipinski definition) is 5. The molecule has 0 fully saturated rings. The van der Waals surface area contributed by atoms with Crippen LogP contribution >= 0.6 is 0 Å². The van der Waals surface area contributed by atoms with E-state index < -0.39 is 10.8 Å². The van der Waals surface area contributed by atoms with Gasteiger partial charge in [-0.15, -0.1) is 0 Å². The predicted octanol–water partition coefficient (Wildman–Crippen LogP) is 2.11. The Hall–Kier alpha value is -2.15. The second-order valence-electron chi connectivity index (χ2n) is 4.61. The maximum atomic E-state index is 11.9. The third kappa shape index (κ3) is 5.78. The topological polar surface area (TPSA) is 107 Å². The summed E-state index contributed by atoms with van der Waals surface area (Å²) in [5.41, 5.74) is 5.61. The standard InChI is InChI=1S/C14H21N3O4/c1-2-3-8-21-9-4-7-16-14(18)12-10-11(15)5-6-13(12)17(19)20/h5-6,10H,2-4,7-9,15H2,1H3,(H,16,18). The smallest absolute Gasteiger partial charge is 0.282 e. The molecule has 0 heterocycles. The van der Waals surface area contributed by atoms with E-state index in [0.717, 1.165) is 12.8 Å². The van der Waals surface area contributed by atoms with Crippen LogP contribution in [0.4, 0.5) is 11.4 Å². The van der Waals surface area contributed by atoms with Crippen molar-refractivity contribution >= 4 is 17.3 Å². The number of nitrogens with two attached hydrogens (primary N) is 1. The van der Waals surface area contributed by atoms with Crippen LogP contribution in [0, 0.1) is 10.1 Å². The Morgan fingerprint density at radius 3 is 2.76 bits per heavy atom. The molecule has 0 spiro atoms. The molecule has 0 atom stereocenters. The largest absolute Gasteiger partial charge is 0.399 e. The van der Waals surface area contributed by atoms with E-state index in [2.05, 4.69) is 12.2 Å². The Morgan fingerprint density at radius 1 is 1.38 bits per heavy atom. The SMILES string of the molecule is CCCCOCCCNC(=O)c1cc(N)ccc1[N+](=O)[O-]. The number of nitrogen functional groups attached to an aromatic ring is 1. The predicted molar refractivity (Wildman–Crippen MR) is 80.2 cm³/mol. The molecular weight excluding hydrogens is 274 g/mol. The van der Waals surface area contributed by atoms with Crippen LogP contribution in [-0.2, 0) is 4.74 Å². The Labute approximate surface area is 123 Å². The summed E-state index contributed by atoms with van der Waals surface area (Å²) in [6, 6.07) is 3.94. The minimum absolute atomic E-state index is 0.0214. The van der Waals surface area contributed by atoms with Crippen molar-refractivity contribution in [3.8, 4) is 0 Å². The van der Waals surface area contributed by atoms with Gasteiger partial charge in [0, 0.05) is 31.5 Å². The van der Waals surface area contributed by atoms with Crippen LogP contribution in [0.15, 0.2) is 18.2 Å². The van der Waals surface area contributed by atoms with Crippen LogP contribution in [0.3, 0.4) is 0 Å². The number of amides is 1. The van der Waals surface area contributed by atoms with Crippen LogP contribution in [0.1, 0.15) is 36.5 Å². The van der Waals surface area contributed by atoms with E-state index in [-0.39, 0.29) is 11.3 Å². The second kappa shape index (κ2) is 8.91. The number of benzene rings is 1. The molecule has 3 N–H and O–H groups in total. The molecule has 0 saturated heterocycles. The molecule has 0 aliphatic heterocycles. The summed E-state index contributed by atoms with van der Waals surface area (Å²) in [4.78, 5) is 22.2. The van der Waals surface area contributed by atoms with Crippen LogP contribution < -0.4 is 11.1 Å². The summed E-state index contributed by atoms with van der Waals surface area (Å²) >= 11 is 0. The first-order chi connectivity index (χ1) is 10.1. The molecule has 0 saturated carbocycles. The Bertz CT molecular complexity index is 491. The van der Waals surface area contributed by atoms with Gasteiger partial charge >= 0.3 is 0 Å². The molecule has 1 amide bonds. The third-order valence-electron chi connectivity index (χ3n) is 2.86. The zero-order valence-electron chi connectivity index (χ0n) is 12.1. The Balaban J connectivity index is 2.45. The number of carbonyl (C=O) groups is 1. The molecule has 1 rings (SSSR count). The summed E-state index contributed by atoms with van der Waals surface area (Å²) in [6.07, 6.45) is 2.75. The number of unbranched alkanes of at least 4 members (excludes halogenated alkanes) is 1. The quantitative estimate of drug-likeness (QED) is 0.314. The number of ether oxygens (including phenoxy) is 1. The molecule has 0 aliphatic carbocycles. The molecule has 21 heavy (non-hydrogen) atoms. The van der Waals surface area contributed by atoms with E-state index in [4.69, 9.17) is 10.5 Å². The number of hydrogen-bond donors (Lipinski definition) is 2. The van der Waals surface area contributed by atoms with Gasteiger partial charge in [0.1, 0.15) is 5.56 Å². The van der Waals surface area contributed by atoms with Crippen molar-refractivity contribution in [2.75, 3.05) is 25.5 Å². The van der Waals surface area contributed by atoms with E-state index >= 15 is 0 Å². The number of nitrogens with one attached hydrogen (secondary N) is 1. The van der Waals surface area contributed by atoms with Gasteiger partial charge in [0.25, 0.3) is 11.6 Å². The number of rotatable bonds is 9. The first kappa shape index (κ1) is 16.9. The van der Waals surface area contributed by atoms with Gasteiger partial charge < -0.3 is 15.8 Å². The fourth-order valence-corrected chi connectivity index (χ4v) is 1.71. The van der Waals surface area contributed by atoms with E-state index in [0.29, 0.717) is 31.9 Å². The molecule has 1 aromatic rings. The maximum absolute atomic E-state index is 11.9. The van der Waals surface area contributed by atoms with Gasteiger partial charge in [-0.3, -0.25) is 14.9 Å². The lowest BCUT2D eigenvalue weighted by atomic mass is 10.1. The van der Waals surface area contributed by atoms with Gasteiger partial charge in [-0.05, 0) is 25.0 Å². The molecule has 0 radical (unpaired) electrons. The van der Waals surface area contributed by atoms with Gasteiger partial charge in [0.15, 0.2) is 0 Å². The van der Waals surface area contributed by atoms with E-state index in [1.54, 1.807) is 0 Å². The highest BCUT2D eigenvalue weighted by molar-refractivity contribution is 5.99. The van der Waals surface area contributed by atoms with Crippen LogP contribution in [0.25, 0.3) is 0 Å². The summed E-state index contributed by atoms with van der Waals surface area (Å²) in [7, 11) is 0. The van der Waals surface area contributed by atoms with Crippen molar-refractivity contribution < 1.29 is 14.5 Å². The van der Waals surface area contributed by atoms with Gasteiger partial charge in [-0.25, -0.2) is 0 Å². The lowest BCUT2D eigenvalue weighted by Crippen LogP contribution is -2.26. The van der Waals surface area contributed by atoms with Crippen LogP contribution in [0.5, 0.6) is 0 Å². The number of nitro groups is 1. The molecule has 0 bridgehead atoms. The highest BCUT2D eigenvalue weighted by Gasteiger charge is 2.19. The van der Waals surface area contributed by atoms with Gasteiger partial charge in [0.2, 0.25) is 0 Å². The van der Waals surface area contributed by atoms with Gasteiger partial charge in [-0.2, -0.15) is 0 Å². The fourth-order valence-electron chi connectivity index (χ4n) is 1.71. The molecule has 116 valence electrons. The number of carbonyl (C=O) groups excluding carboxylic acids is 1. The van der Waals surface area contributed by atoms with Crippen molar-refractivity contribution in [2.24, 2.45) is 0 Å². The van der Waals surface area contributed by atoms with Gasteiger partial charge in [-0.1, -0.05) is 13.3 Å². The highest BCUT2D eigenvalue weighted by atomic mass is 16.6. The molecule has 7 nitrogen and oxygen atoms in total. The van der Waals surface area contributed by atoms with Crippen molar-refractivity contribution in [2.45, 2.75) is 26.2 Å². The summed E-state index contributed by atoms with van der Waals surface area (Å²) in [5.74, 6) is -0.498. The monoisotopic (exact) mass is 295 g/mol. The first-order valence-corrected chi connectivity index (χ1v) is 6.96. The van der Waals surface area contributed by atoms with E-state index in [1.165, 1.54) is 18.2 Å². The molecule has 0 aliphatic rings. The van der Waals surface area contributed by atoms with Crippen molar-refractivity contribution in [1.29, 1.82) is 0 Å². The van der Waals surface area contributed by atoms with Crippen LogP contribution in [-0.4, -0.2) is 30.6 Å². The van der Waals surface area contributed by atoms with E-state index in [1.807, 2.05) is 0 Å². The Kier molecular flexibility index (Phi) is 7.17. The maximum Gasteiger partial charge on any atom is 0.282 e. The number of nitro benzene ring substituents is 1. The zero-order chi connectivity index (χ0) is 15.7. The number of nitrogens with zero attached hydrogens (tertiary/aromatic N) is 1. The highest BCUT2D eigenvalue weighted by Crippen LogP contribution is 2.20. The summed E-state index contributed by atoms with van der Waals surface area (Å²) in [6.45, 7) is 3.75. The van der Waals surface area contributed by atoms with Crippen molar-refractivity contribution in [1.82, 2.24) is 5.32 Å². The third-order valence-corrected chi connectivity index (χ3v) is 2.86. The molecular formula is C14H21N3O4. The molecule has 1 aromatic carbocycles. The average molecular weight is 295 g/mol. The summed E-state index contributed by atoms with van der Waals surface area (Å²) in [5, 5.41) is 13.5. The lowest BCUT2D eigenvalue weighted by molar-refractivity contribution is -0.385. The normalized spacial score (nSPS) is 10.3. The average Bonchev–Trinajstić information content (AvgIpc) is 2.45. The fraction of sp³-hybridized carbons (Fsp3) is 0.500. The van der Waals surface area contributed by atoms with Gasteiger partial charge in [0.05, 0.1) is 4.92 Å². The second-order valence-corrected chi connectivity index (χ2v) is 4.61. The van der Waals surface area contributed by atoms with Crippen molar-refractivity contribution in [3.63, 3.8) is 0 Å². The zero-order valence-corrected chi connectivity index (χ0v) is 12.1. The Morgan fingerprint density at radius 2 is 2.10 bits per heavy atom. The van der Waals surface area contributed by atoms with Crippen LogP contribution in [0.2, 0.25) is 0 Å². The molecule has 0 aromatic heterocycles. The minimum Gasteiger partial charge on any atom is -0.399 e. The van der Waals surface area contributed by atoms with E-state index in [9.17, 15) is 14.9 Å². The lowest BCUT2D eigenvalue weighted by Gasteiger charge is -2.07.